The minimum atomic E-state index is -4.39. The van der Waals surface area contributed by atoms with E-state index in [9.17, 15) is 21.8 Å². The summed E-state index contributed by atoms with van der Waals surface area (Å²) in [6, 6.07) is 11.1. The molecule has 8 nitrogen and oxygen atoms in total. The number of alkyl halides is 3. The summed E-state index contributed by atoms with van der Waals surface area (Å²) in [5.41, 5.74) is 1.08. The molecule has 0 saturated carbocycles. The van der Waals surface area contributed by atoms with Crippen LogP contribution >= 0.6 is 0 Å². The van der Waals surface area contributed by atoms with Crippen molar-refractivity contribution in [1.29, 1.82) is 0 Å². The number of nitrogens with zero attached hydrogens (tertiary/aromatic N) is 7. The summed E-state index contributed by atoms with van der Waals surface area (Å²) in [6.07, 6.45) is -1.33. The Bertz CT molecular complexity index is 1370. The quantitative estimate of drug-likeness (QED) is 0.204. The first-order valence-electron chi connectivity index (χ1n) is 12.8. The molecule has 216 valence electrons. The van der Waals surface area contributed by atoms with Gasteiger partial charge < -0.3 is 0 Å². The third kappa shape index (κ3) is 6.42. The Balaban J connectivity index is 1.69. The zero-order valence-corrected chi connectivity index (χ0v) is 23.9. The molecule has 2 unspecified atom stereocenters. The van der Waals surface area contributed by atoms with Crippen LogP contribution < -0.4 is 5.01 Å². The highest BCUT2D eigenvalue weighted by Crippen LogP contribution is 2.41. The van der Waals surface area contributed by atoms with Crippen molar-refractivity contribution in [3.05, 3.63) is 65.6 Å². The van der Waals surface area contributed by atoms with Gasteiger partial charge in [-0.25, -0.2) is 17.9 Å². The summed E-state index contributed by atoms with van der Waals surface area (Å²) >= 11 is 0. The maximum atomic E-state index is 13.9. The second kappa shape index (κ2) is 11.8. The van der Waals surface area contributed by atoms with Gasteiger partial charge in [-0.2, -0.15) is 28.2 Å². The molecular weight excluding hydrogens is 546 g/mol. The van der Waals surface area contributed by atoms with Gasteiger partial charge in [0.1, 0.15) is 16.8 Å². The summed E-state index contributed by atoms with van der Waals surface area (Å²) in [5.74, 6) is -0.363. The van der Waals surface area contributed by atoms with Gasteiger partial charge >= 0.3 is 6.18 Å². The van der Waals surface area contributed by atoms with Crippen LogP contribution in [0.1, 0.15) is 37.9 Å². The van der Waals surface area contributed by atoms with Gasteiger partial charge in [0.2, 0.25) is 0 Å². The van der Waals surface area contributed by atoms with Gasteiger partial charge in [-0.1, -0.05) is 6.07 Å². The molecular formula is C27H33F4N7OS. The molecule has 40 heavy (non-hydrogen) atoms. The Hall–Kier alpha value is -3.16. The minimum absolute atomic E-state index is 0.212. The van der Waals surface area contributed by atoms with Crippen molar-refractivity contribution >= 4 is 28.6 Å². The molecule has 0 bridgehead atoms. The Labute approximate surface area is 233 Å². The lowest BCUT2D eigenvalue weighted by Gasteiger charge is -2.44. The monoisotopic (exact) mass is 579 g/mol. The van der Waals surface area contributed by atoms with E-state index in [2.05, 4.69) is 15.3 Å². The molecule has 1 fully saturated rings. The molecule has 1 aliphatic rings. The molecule has 2 aromatic carbocycles. The number of piperazine rings is 1. The zero-order valence-electron chi connectivity index (χ0n) is 23.1. The molecule has 2 heterocycles. The molecule has 1 aliphatic heterocycles. The number of benzene rings is 2. The third-order valence-electron chi connectivity index (χ3n) is 6.97. The van der Waals surface area contributed by atoms with Crippen molar-refractivity contribution in [3.8, 4) is 0 Å². The van der Waals surface area contributed by atoms with Gasteiger partial charge in [0.15, 0.2) is 5.03 Å². The highest BCUT2D eigenvalue weighted by Gasteiger charge is 2.49. The molecule has 0 spiro atoms. The molecule has 0 amide bonds. The Morgan fingerprint density at radius 2 is 1.80 bits per heavy atom. The highest BCUT2D eigenvalue weighted by atomic mass is 32.2. The van der Waals surface area contributed by atoms with E-state index in [0.29, 0.717) is 29.5 Å². The van der Waals surface area contributed by atoms with Crippen LogP contribution in [0.4, 0.5) is 28.9 Å². The average molecular weight is 580 g/mol. The van der Waals surface area contributed by atoms with E-state index < -0.39 is 28.6 Å². The number of anilines is 2. The molecule has 0 N–H and O–H groups in total. The summed E-state index contributed by atoms with van der Waals surface area (Å²) in [6.45, 7) is 6.70. The first-order chi connectivity index (χ1) is 18.8. The molecule has 0 aliphatic carbocycles. The van der Waals surface area contributed by atoms with Crippen LogP contribution in [0.5, 0.6) is 0 Å². The lowest BCUT2D eigenvalue weighted by molar-refractivity contribution is -0.219. The number of hydrogen-bond donors (Lipinski definition) is 0. The third-order valence-corrected chi connectivity index (χ3v) is 8.32. The standard InChI is InChI=1S/C27H33F4N7OS/c1-6-32-38(21-9-7-20(28)8-10-21)22-11-12-23(19(2)15-22)24-17-37(40(39)25-16-33-35(5)34-25)14-13-36(24)18-26(3,4)27(29,30)31/h6-12,15-16,24H,13-14,17-18H2,1-5H3/b32-6-. The molecule has 0 radical (unpaired) electrons. The fourth-order valence-corrected chi connectivity index (χ4v) is 5.83. The fraction of sp³-hybridized carbons (Fsp3) is 0.444. The van der Waals surface area contributed by atoms with Crippen molar-refractivity contribution in [2.24, 2.45) is 17.6 Å². The van der Waals surface area contributed by atoms with Crippen LogP contribution in [0.15, 0.2) is 58.8 Å². The van der Waals surface area contributed by atoms with E-state index in [0.717, 1.165) is 11.1 Å². The average Bonchev–Trinajstić information content (AvgIpc) is 3.33. The van der Waals surface area contributed by atoms with Gasteiger partial charge in [0, 0.05) is 45.5 Å². The highest BCUT2D eigenvalue weighted by molar-refractivity contribution is 7.82. The first-order valence-corrected chi connectivity index (χ1v) is 13.9. The second-order valence-corrected chi connectivity index (χ2v) is 11.8. The predicted molar refractivity (Wildman–Crippen MR) is 147 cm³/mol. The van der Waals surface area contributed by atoms with Crippen LogP contribution in [0.25, 0.3) is 0 Å². The van der Waals surface area contributed by atoms with Gasteiger partial charge in [0.25, 0.3) is 0 Å². The SMILES string of the molecule is C/C=N\N(c1ccc(F)cc1)c1ccc(C2CN(S(=O)c3cnn(C)n3)CCN2CC(C)(C)C(F)(F)F)c(C)c1. The van der Waals surface area contributed by atoms with Gasteiger partial charge in [0.05, 0.1) is 23.0 Å². The summed E-state index contributed by atoms with van der Waals surface area (Å²) in [5, 5.41) is 14.5. The molecule has 2 atom stereocenters. The van der Waals surface area contributed by atoms with E-state index in [4.69, 9.17) is 0 Å². The van der Waals surface area contributed by atoms with Crippen molar-refractivity contribution in [2.75, 3.05) is 31.2 Å². The lowest BCUT2D eigenvalue weighted by Crippen LogP contribution is -2.53. The summed E-state index contributed by atoms with van der Waals surface area (Å²) in [4.78, 5) is 3.14. The Morgan fingerprint density at radius 1 is 1.12 bits per heavy atom. The molecule has 3 aromatic rings. The number of halogens is 4. The molecule has 4 rings (SSSR count). The summed E-state index contributed by atoms with van der Waals surface area (Å²) < 4.78 is 70.2. The number of aromatic nitrogens is 3. The minimum Gasteiger partial charge on any atom is -0.293 e. The second-order valence-electron chi connectivity index (χ2n) is 10.4. The topological polar surface area (TPSA) is 69.9 Å². The smallest absolute Gasteiger partial charge is 0.293 e. The van der Waals surface area contributed by atoms with Crippen LogP contribution in [0, 0.1) is 18.2 Å². The fourth-order valence-electron chi connectivity index (χ4n) is 4.71. The summed E-state index contributed by atoms with van der Waals surface area (Å²) in [7, 11) is 0.0138. The van der Waals surface area contributed by atoms with E-state index in [-0.39, 0.29) is 18.9 Å². The van der Waals surface area contributed by atoms with Gasteiger partial charge in [-0.3, -0.25) is 4.90 Å². The van der Waals surface area contributed by atoms with E-state index in [1.165, 1.54) is 37.0 Å². The maximum absolute atomic E-state index is 13.9. The van der Waals surface area contributed by atoms with Crippen LogP contribution in [-0.2, 0) is 18.0 Å². The number of rotatable bonds is 8. The van der Waals surface area contributed by atoms with Crippen molar-refractivity contribution in [3.63, 3.8) is 0 Å². The number of aryl methyl sites for hydroxylation is 2. The van der Waals surface area contributed by atoms with Crippen molar-refractivity contribution in [2.45, 2.75) is 44.9 Å². The maximum Gasteiger partial charge on any atom is 0.395 e. The van der Waals surface area contributed by atoms with Gasteiger partial charge in [-0.05, 0) is 75.2 Å². The zero-order chi connectivity index (χ0) is 29.2. The lowest BCUT2D eigenvalue weighted by atomic mass is 9.89. The number of hydrazone groups is 1. The van der Waals surface area contributed by atoms with Crippen LogP contribution in [0.3, 0.4) is 0 Å². The normalized spacial score (nSPS) is 18.4. The molecule has 13 heteroatoms. The van der Waals surface area contributed by atoms with E-state index in [1.54, 1.807) is 41.6 Å². The predicted octanol–water partition coefficient (Wildman–Crippen LogP) is 5.38. The molecule has 1 aromatic heterocycles. The first kappa shape index (κ1) is 29.8. The van der Waals surface area contributed by atoms with E-state index in [1.807, 2.05) is 30.0 Å². The van der Waals surface area contributed by atoms with Gasteiger partial charge in [-0.15, -0.1) is 5.10 Å². The Kier molecular flexibility index (Phi) is 8.76. The van der Waals surface area contributed by atoms with Crippen molar-refractivity contribution < 1.29 is 21.8 Å². The van der Waals surface area contributed by atoms with Crippen LogP contribution in [-0.4, -0.2) is 67.0 Å². The van der Waals surface area contributed by atoms with Crippen LogP contribution in [0.2, 0.25) is 0 Å². The Morgan fingerprint density at radius 3 is 2.38 bits per heavy atom. The number of hydrogen-bond acceptors (Lipinski definition) is 6. The largest absolute Gasteiger partial charge is 0.395 e. The van der Waals surface area contributed by atoms with E-state index >= 15 is 0 Å². The molecule has 1 saturated heterocycles. The van der Waals surface area contributed by atoms with Crippen molar-refractivity contribution in [1.82, 2.24) is 24.2 Å².